The number of benzene rings is 1. The SMILES string of the molecule is CC(C)C[C@H]1C(=O)N[C@H](C)Cc2cn(c3ccccc23)CCCCOC1CONO. The number of fused-ring (bicyclic) bond motifs is 5. The zero-order valence-corrected chi connectivity index (χ0v) is 18.3. The predicted molar refractivity (Wildman–Crippen MR) is 116 cm³/mol. The maximum absolute atomic E-state index is 13.2. The molecule has 0 saturated heterocycles. The first-order valence-corrected chi connectivity index (χ1v) is 11.0. The van der Waals surface area contributed by atoms with Crippen molar-refractivity contribution < 1.29 is 19.6 Å². The van der Waals surface area contributed by atoms with Crippen LogP contribution in [0.25, 0.3) is 10.9 Å². The number of amides is 1. The van der Waals surface area contributed by atoms with Crippen LogP contribution in [0.2, 0.25) is 0 Å². The van der Waals surface area contributed by atoms with E-state index in [1.54, 1.807) is 5.64 Å². The second-order valence-electron chi connectivity index (χ2n) is 8.73. The topological polar surface area (TPSA) is 84.8 Å². The van der Waals surface area contributed by atoms with Gasteiger partial charge in [-0.3, -0.25) is 14.8 Å². The van der Waals surface area contributed by atoms with Gasteiger partial charge < -0.3 is 14.6 Å². The van der Waals surface area contributed by atoms with Crippen molar-refractivity contribution >= 4 is 16.8 Å². The largest absolute Gasteiger partial charge is 0.375 e. The van der Waals surface area contributed by atoms with Crippen molar-refractivity contribution in [1.29, 1.82) is 0 Å². The van der Waals surface area contributed by atoms with Crippen LogP contribution in [0.4, 0.5) is 0 Å². The summed E-state index contributed by atoms with van der Waals surface area (Å²) in [5, 5.41) is 13.3. The van der Waals surface area contributed by atoms with Gasteiger partial charge in [0.05, 0.1) is 18.6 Å². The Bertz CT molecular complexity index is 820. The summed E-state index contributed by atoms with van der Waals surface area (Å²) >= 11 is 0. The Hall–Kier alpha value is -1.93. The quantitative estimate of drug-likeness (QED) is 0.649. The van der Waals surface area contributed by atoms with Crippen LogP contribution in [-0.4, -0.2) is 41.0 Å². The Kier molecular flexibility index (Phi) is 8.27. The minimum Gasteiger partial charge on any atom is -0.375 e. The molecule has 1 aromatic carbocycles. The molecular formula is C23H35N3O4. The summed E-state index contributed by atoms with van der Waals surface area (Å²) in [6.07, 6.45) is 5.15. The smallest absolute Gasteiger partial charge is 0.226 e. The van der Waals surface area contributed by atoms with Gasteiger partial charge in [0, 0.05) is 36.3 Å². The predicted octanol–water partition coefficient (Wildman–Crippen LogP) is 3.44. The molecule has 3 atom stereocenters. The zero-order valence-electron chi connectivity index (χ0n) is 18.3. The highest BCUT2D eigenvalue weighted by Gasteiger charge is 2.31. The fraction of sp³-hybridized carbons (Fsp3) is 0.609. The van der Waals surface area contributed by atoms with Gasteiger partial charge in [-0.25, -0.2) is 0 Å². The van der Waals surface area contributed by atoms with E-state index in [1.807, 2.05) is 6.92 Å². The summed E-state index contributed by atoms with van der Waals surface area (Å²) in [5.41, 5.74) is 4.22. The van der Waals surface area contributed by atoms with Crippen LogP contribution in [0.1, 0.15) is 45.6 Å². The lowest BCUT2D eigenvalue weighted by molar-refractivity contribution is -0.168. The fourth-order valence-electron chi connectivity index (χ4n) is 4.36. The van der Waals surface area contributed by atoms with Crippen LogP contribution in [0, 0.1) is 11.8 Å². The van der Waals surface area contributed by atoms with Crippen LogP contribution in [0.5, 0.6) is 0 Å². The molecule has 0 spiro atoms. The molecule has 1 aliphatic rings. The Morgan fingerprint density at radius 3 is 2.90 bits per heavy atom. The first-order chi connectivity index (χ1) is 14.5. The second kappa shape index (κ2) is 10.9. The maximum Gasteiger partial charge on any atom is 0.226 e. The van der Waals surface area contributed by atoms with Gasteiger partial charge >= 0.3 is 0 Å². The molecular weight excluding hydrogens is 382 g/mol. The summed E-state index contributed by atoms with van der Waals surface area (Å²) in [6, 6.07) is 8.45. The highest BCUT2D eigenvalue weighted by Crippen LogP contribution is 2.25. The van der Waals surface area contributed by atoms with Gasteiger partial charge in [0.2, 0.25) is 5.91 Å². The third-order valence-electron chi connectivity index (χ3n) is 5.73. The van der Waals surface area contributed by atoms with E-state index in [4.69, 9.17) is 14.8 Å². The van der Waals surface area contributed by atoms with Gasteiger partial charge in [0.15, 0.2) is 0 Å². The molecule has 1 unspecified atom stereocenters. The highest BCUT2D eigenvalue weighted by atomic mass is 16.8. The number of nitrogens with one attached hydrogen (secondary N) is 2. The Morgan fingerprint density at radius 1 is 1.33 bits per heavy atom. The molecule has 3 N–H and O–H groups in total. The monoisotopic (exact) mass is 417 g/mol. The molecule has 0 fully saturated rings. The summed E-state index contributed by atoms with van der Waals surface area (Å²) < 4.78 is 8.39. The van der Waals surface area contributed by atoms with Gasteiger partial charge in [0.1, 0.15) is 0 Å². The standard InChI is InChI=1S/C23H35N3O4/c1-16(2)12-20-22(15-30-25-28)29-11-7-6-10-26-14-18(13-17(3)24-23(20)27)19-8-4-5-9-21(19)26/h4-5,8-9,14,16-17,20,22,25,28H,6-7,10-13,15H2,1-3H3,(H,24,27)/t17-,20-,22?/m1/s1. The fourth-order valence-corrected chi connectivity index (χ4v) is 4.36. The normalized spacial score (nSPS) is 24.0. The number of hydrogen-bond acceptors (Lipinski definition) is 5. The van der Waals surface area contributed by atoms with Crippen LogP contribution in [0.3, 0.4) is 0 Å². The Morgan fingerprint density at radius 2 is 2.13 bits per heavy atom. The molecule has 0 radical (unpaired) electrons. The molecule has 30 heavy (non-hydrogen) atoms. The van der Waals surface area contributed by atoms with E-state index in [9.17, 15) is 4.79 Å². The number of carbonyl (C=O) groups excluding carboxylic acids is 1. The minimum atomic E-state index is -0.421. The van der Waals surface area contributed by atoms with Gasteiger partial charge in [-0.15, -0.1) is 0 Å². The van der Waals surface area contributed by atoms with Gasteiger partial charge in [-0.2, -0.15) is 0 Å². The Balaban J connectivity index is 1.85. The number of aryl methyl sites for hydroxylation is 1. The van der Waals surface area contributed by atoms with Crippen molar-refractivity contribution in [3.63, 3.8) is 0 Å². The minimum absolute atomic E-state index is 0.00751. The number of rotatable bonds is 5. The van der Waals surface area contributed by atoms with E-state index in [0.29, 0.717) is 18.9 Å². The van der Waals surface area contributed by atoms with Crippen LogP contribution in [-0.2, 0) is 27.3 Å². The maximum atomic E-state index is 13.2. The van der Waals surface area contributed by atoms with Crippen molar-refractivity contribution in [3.05, 3.63) is 36.0 Å². The molecule has 1 aromatic heterocycles. The third kappa shape index (κ3) is 5.82. The molecule has 2 heterocycles. The summed E-state index contributed by atoms with van der Waals surface area (Å²) in [5.74, 6) is -0.0327. The van der Waals surface area contributed by atoms with E-state index in [1.165, 1.54) is 16.5 Å². The average molecular weight is 418 g/mol. The molecule has 1 amide bonds. The number of ether oxygens (including phenoxy) is 1. The third-order valence-corrected chi connectivity index (χ3v) is 5.73. The summed E-state index contributed by atoms with van der Waals surface area (Å²) in [6.45, 7) is 7.82. The van der Waals surface area contributed by atoms with Gasteiger partial charge in [0.25, 0.3) is 0 Å². The van der Waals surface area contributed by atoms with Crippen molar-refractivity contribution in [1.82, 2.24) is 15.5 Å². The lowest BCUT2D eigenvalue weighted by Gasteiger charge is -2.29. The number of aromatic nitrogens is 1. The molecule has 3 rings (SSSR count). The first-order valence-electron chi connectivity index (χ1n) is 11.0. The lowest BCUT2D eigenvalue weighted by atomic mass is 9.90. The Labute approximate surface area is 178 Å². The lowest BCUT2D eigenvalue weighted by Crippen LogP contribution is -2.45. The van der Waals surface area contributed by atoms with E-state index in [2.05, 4.69) is 54.2 Å². The van der Waals surface area contributed by atoms with Gasteiger partial charge in [-0.05, 0) is 50.2 Å². The average Bonchev–Trinajstić information content (AvgIpc) is 3.05. The van der Waals surface area contributed by atoms with E-state index < -0.39 is 6.10 Å². The van der Waals surface area contributed by atoms with Crippen LogP contribution < -0.4 is 11.0 Å². The van der Waals surface area contributed by atoms with Crippen molar-refractivity contribution in [2.75, 3.05) is 13.2 Å². The second-order valence-corrected chi connectivity index (χ2v) is 8.73. The molecule has 2 bridgehead atoms. The van der Waals surface area contributed by atoms with E-state index in [-0.39, 0.29) is 24.5 Å². The molecule has 0 aliphatic carbocycles. The molecule has 7 nitrogen and oxygen atoms in total. The van der Waals surface area contributed by atoms with Crippen molar-refractivity contribution in [3.8, 4) is 0 Å². The van der Waals surface area contributed by atoms with Crippen molar-refractivity contribution in [2.24, 2.45) is 11.8 Å². The summed E-state index contributed by atoms with van der Waals surface area (Å²) in [4.78, 5) is 18.2. The molecule has 1 aliphatic heterocycles. The number of carbonyl (C=O) groups is 1. The first kappa shape index (κ1) is 22.7. The highest BCUT2D eigenvalue weighted by molar-refractivity contribution is 5.84. The summed E-state index contributed by atoms with van der Waals surface area (Å²) in [7, 11) is 0. The van der Waals surface area contributed by atoms with E-state index >= 15 is 0 Å². The van der Waals surface area contributed by atoms with Crippen LogP contribution >= 0.6 is 0 Å². The molecule has 0 saturated carbocycles. The zero-order chi connectivity index (χ0) is 21.5. The number of para-hydroxylation sites is 1. The number of hydrogen-bond donors (Lipinski definition) is 3. The molecule has 7 heteroatoms. The number of nitrogens with zero attached hydrogens (tertiary/aromatic N) is 1. The van der Waals surface area contributed by atoms with Gasteiger partial charge in [-0.1, -0.05) is 37.7 Å². The molecule has 166 valence electrons. The van der Waals surface area contributed by atoms with Crippen molar-refractivity contribution in [2.45, 2.75) is 65.1 Å². The van der Waals surface area contributed by atoms with E-state index in [0.717, 1.165) is 25.8 Å². The molecule has 2 aromatic rings. The van der Waals surface area contributed by atoms with Crippen LogP contribution in [0.15, 0.2) is 30.5 Å².